The van der Waals surface area contributed by atoms with E-state index in [-0.39, 0.29) is 6.61 Å². The van der Waals surface area contributed by atoms with Crippen LogP contribution in [0, 0.1) is 0 Å². The number of aliphatic hydroxyl groups is 1. The third-order valence-corrected chi connectivity index (χ3v) is 1.07. The second-order valence-corrected chi connectivity index (χ2v) is 1.90. The molecular formula is C6H8N2O3. The SMILES string of the molecule is O=C(CO)OCc1cnc[nH]1. The lowest BCUT2D eigenvalue weighted by molar-refractivity contribution is -0.148. The molecule has 1 rings (SSSR count). The van der Waals surface area contributed by atoms with Crippen molar-refractivity contribution < 1.29 is 14.6 Å². The predicted octanol–water partition coefficient (Wildman–Crippen LogP) is -0.555. The Kier molecular flexibility index (Phi) is 2.62. The van der Waals surface area contributed by atoms with E-state index in [1.807, 2.05) is 0 Å². The molecule has 0 fully saturated rings. The molecule has 11 heavy (non-hydrogen) atoms. The van der Waals surface area contributed by atoms with Gasteiger partial charge < -0.3 is 14.8 Å². The van der Waals surface area contributed by atoms with E-state index in [0.29, 0.717) is 5.69 Å². The first-order chi connectivity index (χ1) is 5.33. The Hall–Kier alpha value is -1.36. The molecular weight excluding hydrogens is 148 g/mol. The molecule has 0 atom stereocenters. The zero-order valence-corrected chi connectivity index (χ0v) is 5.78. The van der Waals surface area contributed by atoms with Crippen LogP contribution in [-0.2, 0) is 16.1 Å². The molecule has 1 aromatic rings. The van der Waals surface area contributed by atoms with Gasteiger partial charge in [0.15, 0.2) is 0 Å². The van der Waals surface area contributed by atoms with Gasteiger partial charge in [0.25, 0.3) is 0 Å². The van der Waals surface area contributed by atoms with Crippen LogP contribution in [0.3, 0.4) is 0 Å². The number of carbonyl (C=O) groups is 1. The molecule has 1 aromatic heterocycles. The molecule has 0 bridgehead atoms. The van der Waals surface area contributed by atoms with Crippen LogP contribution in [0.2, 0.25) is 0 Å². The predicted molar refractivity (Wildman–Crippen MR) is 35.5 cm³/mol. The highest BCUT2D eigenvalue weighted by molar-refractivity contribution is 5.70. The molecule has 60 valence electrons. The van der Waals surface area contributed by atoms with Gasteiger partial charge >= 0.3 is 5.97 Å². The molecule has 0 spiro atoms. The fraction of sp³-hybridized carbons (Fsp3) is 0.333. The number of esters is 1. The summed E-state index contributed by atoms with van der Waals surface area (Å²) in [6.45, 7) is -0.465. The van der Waals surface area contributed by atoms with Crippen molar-refractivity contribution in [2.24, 2.45) is 0 Å². The van der Waals surface area contributed by atoms with Crippen molar-refractivity contribution in [3.63, 3.8) is 0 Å². The van der Waals surface area contributed by atoms with Crippen LogP contribution in [0.15, 0.2) is 12.5 Å². The summed E-state index contributed by atoms with van der Waals surface area (Å²) in [4.78, 5) is 16.9. The average Bonchev–Trinajstić information content (AvgIpc) is 2.52. The number of aromatic nitrogens is 2. The van der Waals surface area contributed by atoms with Gasteiger partial charge in [-0.25, -0.2) is 9.78 Å². The van der Waals surface area contributed by atoms with Gasteiger partial charge in [-0.05, 0) is 0 Å². The van der Waals surface area contributed by atoms with E-state index in [1.165, 1.54) is 6.33 Å². The number of rotatable bonds is 3. The summed E-state index contributed by atoms with van der Waals surface area (Å²) in [5.41, 5.74) is 0.701. The lowest BCUT2D eigenvalue weighted by atomic mass is 10.5. The first-order valence-electron chi connectivity index (χ1n) is 3.06. The molecule has 0 aliphatic rings. The van der Waals surface area contributed by atoms with Gasteiger partial charge in [0, 0.05) is 0 Å². The average molecular weight is 156 g/mol. The fourth-order valence-electron chi connectivity index (χ4n) is 0.568. The van der Waals surface area contributed by atoms with E-state index < -0.39 is 12.6 Å². The summed E-state index contributed by atoms with van der Waals surface area (Å²) >= 11 is 0. The molecule has 1 heterocycles. The zero-order valence-electron chi connectivity index (χ0n) is 5.78. The topological polar surface area (TPSA) is 75.2 Å². The molecule has 0 radical (unpaired) electrons. The number of imidazole rings is 1. The van der Waals surface area contributed by atoms with Crippen molar-refractivity contribution in [2.75, 3.05) is 6.61 Å². The molecule has 0 aromatic carbocycles. The van der Waals surface area contributed by atoms with Crippen LogP contribution in [0.25, 0.3) is 0 Å². The lowest BCUT2D eigenvalue weighted by Crippen LogP contribution is -2.08. The number of aromatic amines is 1. The third kappa shape index (κ3) is 2.38. The normalized spacial score (nSPS) is 9.55. The number of aliphatic hydroxyl groups excluding tert-OH is 1. The molecule has 0 saturated carbocycles. The standard InChI is InChI=1S/C6H8N2O3/c9-2-6(10)11-3-5-1-7-4-8-5/h1,4,9H,2-3H2,(H,7,8). The molecule has 5 heteroatoms. The number of nitrogens with one attached hydrogen (secondary N) is 1. The Morgan fingerprint density at radius 1 is 1.82 bits per heavy atom. The van der Waals surface area contributed by atoms with Gasteiger partial charge in [-0.1, -0.05) is 0 Å². The van der Waals surface area contributed by atoms with Crippen LogP contribution in [-0.4, -0.2) is 27.7 Å². The fourth-order valence-corrected chi connectivity index (χ4v) is 0.568. The van der Waals surface area contributed by atoms with Crippen LogP contribution < -0.4 is 0 Å². The highest BCUT2D eigenvalue weighted by atomic mass is 16.5. The van der Waals surface area contributed by atoms with E-state index in [1.54, 1.807) is 6.20 Å². The van der Waals surface area contributed by atoms with Crippen LogP contribution in [0.4, 0.5) is 0 Å². The van der Waals surface area contributed by atoms with Gasteiger partial charge in [-0.15, -0.1) is 0 Å². The minimum atomic E-state index is -0.639. The van der Waals surface area contributed by atoms with Crippen molar-refractivity contribution >= 4 is 5.97 Å². The Morgan fingerprint density at radius 2 is 2.64 bits per heavy atom. The van der Waals surface area contributed by atoms with Crippen molar-refractivity contribution in [1.29, 1.82) is 0 Å². The summed E-state index contributed by atoms with van der Waals surface area (Å²) < 4.78 is 4.58. The molecule has 0 saturated heterocycles. The third-order valence-electron chi connectivity index (χ3n) is 1.07. The van der Waals surface area contributed by atoms with Crippen molar-refractivity contribution in [3.8, 4) is 0 Å². The first-order valence-corrected chi connectivity index (χ1v) is 3.06. The largest absolute Gasteiger partial charge is 0.457 e. The van der Waals surface area contributed by atoms with Gasteiger partial charge in [0.2, 0.25) is 0 Å². The quantitative estimate of drug-likeness (QED) is 0.575. The van der Waals surface area contributed by atoms with Gasteiger partial charge in [-0.3, -0.25) is 0 Å². The summed E-state index contributed by atoms with van der Waals surface area (Å²) in [6.07, 6.45) is 3.03. The molecule has 0 aliphatic carbocycles. The number of hydrogen-bond acceptors (Lipinski definition) is 4. The number of ether oxygens (including phenoxy) is 1. The smallest absolute Gasteiger partial charge is 0.332 e. The summed E-state index contributed by atoms with van der Waals surface area (Å²) in [5, 5.41) is 8.26. The van der Waals surface area contributed by atoms with Crippen LogP contribution in [0.5, 0.6) is 0 Å². The Morgan fingerprint density at radius 3 is 3.18 bits per heavy atom. The van der Waals surface area contributed by atoms with E-state index in [9.17, 15) is 4.79 Å². The Balaban J connectivity index is 2.29. The molecule has 0 aliphatic heterocycles. The first kappa shape index (κ1) is 7.74. The van der Waals surface area contributed by atoms with Gasteiger partial charge in [-0.2, -0.15) is 0 Å². The monoisotopic (exact) mass is 156 g/mol. The molecule has 5 nitrogen and oxygen atoms in total. The summed E-state index contributed by atoms with van der Waals surface area (Å²) in [7, 11) is 0. The maximum Gasteiger partial charge on any atom is 0.332 e. The van der Waals surface area contributed by atoms with E-state index in [4.69, 9.17) is 5.11 Å². The molecule has 0 amide bonds. The highest BCUT2D eigenvalue weighted by Crippen LogP contribution is 1.93. The maximum absolute atomic E-state index is 10.4. The summed E-state index contributed by atoms with van der Waals surface area (Å²) in [5.74, 6) is -0.639. The Bertz CT molecular complexity index is 220. The number of H-pyrrole nitrogens is 1. The minimum absolute atomic E-state index is 0.124. The van der Waals surface area contributed by atoms with Crippen LogP contribution in [0.1, 0.15) is 5.69 Å². The zero-order chi connectivity index (χ0) is 8.10. The second kappa shape index (κ2) is 3.72. The Labute approximate surface area is 63.0 Å². The van der Waals surface area contributed by atoms with E-state index in [2.05, 4.69) is 14.7 Å². The number of nitrogens with zero attached hydrogens (tertiary/aromatic N) is 1. The number of hydrogen-bond donors (Lipinski definition) is 2. The lowest BCUT2D eigenvalue weighted by Gasteiger charge is -1.98. The van der Waals surface area contributed by atoms with Crippen molar-refractivity contribution in [3.05, 3.63) is 18.2 Å². The second-order valence-electron chi connectivity index (χ2n) is 1.90. The highest BCUT2D eigenvalue weighted by Gasteiger charge is 1.99. The summed E-state index contributed by atoms with van der Waals surface area (Å²) in [6, 6.07) is 0. The van der Waals surface area contributed by atoms with Gasteiger partial charge in [0.1, 0.15) is 13.2 Å². The van der Waals surface area contributed by atoms with Crippen LogP contribution >= 0.6 is 0 Å². The van der Waals surface area contributed by atoms with Crippen molar-refractivity contribution in [1.82, 2.24) is 9.97 Å². The maximum atomic E-state index is 10.4. The van der Waals surface area contributed by atoms with Crippen molar-refractivity contribution in [2.45, 2.75) is 6.61 Å². The van der Waals surface area contributed by atoms with Gasteiger partial charge in [0.05, 0.1) is 18.2 Å². The molecule has 0 unspecified atom stereocenters. The molecule has 2 N–H and O–H groups in total. The minimum Gasteiger partial charge on any atom is -0.457 e. The van der Waals surface area contributed by atoms with E-state index in [0.717, 1.165) is 0 Å². The number of carbonyl (C=O) groups excluding carboxylic acids is 1. The van der Waals surface area contributed by atoms with E-state index >= 15 is 0 Å².